The number of sulfonamides is 1. The highest BCUT2D eigenvalue weighted by atomic mass is 32.2. The molecule has 2 heterocycles. The fraction of sp³-hybridized carbons (Fsp3) is 0.750. The van der Waals surface area contributed by atoms with Crippen LogP contribution in [0.3, 0.4) is 0 Å². The summed E-state index contributed by atoms with van der Waals surface area (Å²) in [6.07, 6.45) is 7.64. The van der Waals surface area contributed by atoms with Gasteiger partial charge in [0.15, 0.2) is 0 Å². The minimum atomic E-state index is -3.20. The molecule has 0 amide bonds. The number of aromatic nitrogens is 2. The second-order valence-electron chi connectivity index (χ2n) is 5.10. The summed E-state index contributed by atoms with van der Waals surface area (Å²) >= 11 is 0. The Bertz CT molecular complexity index is 492. The van der Waals surface area contributed by atoms with Crippen molar-refractivity contribution < 1.29 is 8.42 Å². The van der Waals surface area contributed by atoms with Gasteiger partial charge in [-0.2, -0.15) is 5.10 Å². The molecule has 0 aliphatic carbocycles. The number of aryl methyl sites for hydroxylation is 1. The zero-order valence-electron chi connectivity index (χ0n) is 11.3. The zero-order chi connectivity index (χ0) is 13.7. The van der Waals surface area contributed by atoms with Gasteiger partial charge in [-0.15, -0.1) is 0 Å². The molecule has 0 radical (unpaired) electrons. The van der Waals surface area contributed by atoms with Gasteiger partial charge >= 0.3 is 0 Å². The van der Waals surface area contributed by atoms with Crippen LogP contribution < -0.4 is 10.0 Å². The number of hydrogen-bond acceptors (Lipinski definition) is 4. The predicted molar refractivity (Wildman–Crippen MR) is 74.1 cm³/mol. The molecule has 19 heavy (non-hydrogen) atoms. The Kier molecular flexibility index (Phi) is 4.95. The molecule has 0 bridgehead atoms. The third kappa shape index (κ3) is 4.93. The minimum absolute atomic E-state index is 0.185. The molecular formula is C12H22N4O2S. The van der Waals surface area contributed by atoms with E-state index in [0.717, 1.165) is 18.5 Å². The fourth-order valence-electron chi connectivity index (χ4n) is 2.30. The molecule has 1 aliphatic rings. The summed E-state index contributed by atoms with van der Waals surface area (Å²) in [5, 5.41) is 7.37. The van der Waals surface area contributed by atoms with Crippen molar-refractivity contribution in [2.24, 2.45) is 7.05 Å². The van der Waals surface area contributed by atoms with E-state index in [0.29, 0.717) is 19.0 Å². The zero-order valence-corrected chi connectivity index (χ0v) is 12.1. The Morgan fingerprint density at radius 3 is 3.00 bits per heavy atom. The summed E-state index contributed by atoms with van der Waals surface area (Å²) in [5.41, 5.74) is 0.877. The van der Waals surface area contributed by atoms with Crippen molar-refractivity contribution in [2.45, 2.75) is 38.3 Å². The van der Waals surface area contributed by atoms with E-state index in [2.05, 4.69) is 15.1 Å². The van der Waals surface area contributed by atoms with Crippen LogP contribution in [0.1, 0.15) is 31.2 Å². The largest absolute Gasteiger partial charge is 0.314 e. The van der Waals surface area contributed by atoms with E-state index < -0.39 is 10.0 Å². The first kappa shape index (κ1) is 14.5. The number of hydrogen-bond donors (Lipinski definition) is 2. The van der Waals surface area contributed by atoms with Gasteiger partial charge in [0.05, 0.1) is 11.9 Å². The molecule has 1 saturated heterocycles. The number of rotatable bonds is 6. The molecule has 2 N–H and O–H groups in total. The summed E-state index contributed by atoms with van der Waals surface area (Å²) in [5.74, 6) is 0.185. The number of nitrogens with zero attached hydrogens (tertiary/aromatic N) is 2. The fourth-order valence-corrected chi connectivity index (χ4v) is 3.42. The second kappa shape index (κ2) is 6.49. The van der Waals surface area contributed by atoms with Crippen LogP contribution in [-0.2, 0) is 23.6 Å². The highest BCUT2D eigenvalue weighted by Crippen LogP contribution is 2.10. The highest BCUT2D eigenvalue weighted by Gasteiger charge is 2.17. The molecule has 1 aliphatic heterocycles. The molecular weight excluding hydrogens is 264 g/mol. The van der Waals surface area contributed by atoms with E-state index in [1.54, 1.807) is 10.9 Å². The summed E-state index contributed by atoms with van der Waals surface area (Å²) in [6, 6.07) is 0.351. The van der Waals surface area contributed by atoms with Gasteiger partial charge in [-0.05, 0) is 25.8 Å². The molecule has 1 aromatic heterocycles. The molecule has 108 valence electrons. The lowest BCUT2D eigenvalue weighted by Crippen LogP contribution is -2.37. The first-order valence-electron chi connectivity index (χ1n) is 6.73. The molecule has 0 aromatic carbocycles. The predicted octanol–water partition coefficient (Wildman–Crippen LogP) is 0.372. The molecule has 1 aromatic rings. The van der Waals surface area contributed by atoms with E-state index in [1.165, 1.54) is 12.8 Å². The van der Waals surface area contributed by atoms with Crippen molar-refractivity contribution in [3.05, 3.63) is 18.0 Å². The number of piperidine rings is 1. The Balaban J connectivity index is 1.75. The molecule has 6 nitrogen and oxygen atoms in total. The molecule has 7 heteroatoms. The quantitative estimate of drug-likeness (QED) is 0.792. The monoisotopic (exact) mass is 286 g/mol. The second-order valence-corrected chi connectivity index (χ2v) is 7.02. The Labute approximate surface area is 114 Å². The van der Waals surface area contributed by atoms with Crippen LogP contribution in [0.4, 0.5) is 0 Å². The lowest BCUT2D eigenvalue weighted by molar-refractivity contribution is 0.392. The van der Waals surface area contributed by atoms with E-state index >= 15 is 0 Å². The van der Waals surface area contributed by atoms with Crippen molar-refractivity contribution in [3.63, 3.8) is 0 Å². The minimum Gasteiger partial charge on any atom is -0.314 e. The molecule has 0 saturated carbocycles. The van der Waals surface area contributed by atoms with Crippen LogP contribution >= 0.6 is 0 Å². The van der Waals surface area contributed by atoms with Crippen molar-refractivity contribution in [3.8, 4) is 0 Å². The van der Waals surface area contributed by atoms with Crippen LogP contribution in [0.25, 0.3) is 0 Å². The third-order valence-corrected chi connectivity index (χ3v) is 4.76. The topological polar surface area (TPSA) is 76.0 Å². The van der Waals surface area contributed by atoms with Crippen LogP contribution in [-0.4, -0.2) is 36.5 Å². The maximum Gasteiger partial charge on any atom is 0.211 e. The van der Waals surface area contributed by atoms with E-state index in [1.807, 2.05) is 13.2 Å². The Morgan fingerprint density at radius 1 is 1.53 bits per heavy atom. The molecule has 2 rings (SSSR count). The summed E-state index contributed by atoms with van der Waals surface area (Å²) in [7, 11) is -1.38. The van der Waals surface area contributed by atoms with Crippen LogP contribution in [0.2, 0.25) is 0 Å². The molecule has 1 atom stereocenters. The average molecular weight is 286 g/mol. The lowest BCUT2D eigenvalue weighted by atomic mass is 10.0. The van der Waals surface area contributed by atoms with Gasteiger partial charge in [-0.25, -0.2) is 13.1 Å². The van der Waals surface area contributed by atoms with Crippen molar-refractivity contribution in [1.29, 1.82) is 0 Å². The van der Waals surface area contributed by atoms with Crippen molar-refractivity contribution >= 4 is 10.0 Å². The van der Waals surface area contributed by atoms with Crippen LogP contribution in [0, 0.1) is 0 Å². The third-order valence-electron chi connectivity index (χ3n) is 3.40. The van der Waals surface area contributed by atoms with Gasteiger partial charge in [0.1, 0.15) is 0 Å². The summed E-state index contributed by atoms with van der Waals surface area (Å²) in [4.78, 5) is 0. The van der Waals surface area contributed by atoms with Gasteiger partial charge in [-0.3, -0.25) is 4.68 Å². The SMILES string of the molecule is Cn1cc(CNS(=O)(=O)CCC2CCCCN2)cn1. The van der Waals surface area contributed by atoms with Gasteiger partial charge in [0.25, 0.3) is 0 Å². The molecule has 1 unspecified atom stereocenters. The Morgan fingerprint density at radius 2 is 2.37 bits per heavy atom. The van der Waals surface area contributed by atoms with E-state index in [4.69, 9.17) is 0 Å². The van der Waals surface area contributed by atoms with Gasteiger partial charge in [-0.1, -0.05) is 6.42 Å². The standard InChI is InChI=1S/C12H22N4O2S/c1-16-10-11(8-14-16)9-15-19(17,18)7-5-12-4-2-3-6-13-12/h8,10,12-13,15H,2-7,9H2,1H3. The van der Waals surface area contributed by atoms with Gasteiger partial charge < -0.3 is 5.32 Å². The van der Waals surface area contributed by atoms with E-state index in [-0.39, 0.29) is 5.75 Å². The first-order valence-corrected chi connectivity index (χ1v) is 8.39. The van der Waals surface area contributed by atoms with Crippen molar-refractivity contribution in [2.75, 3.05) is 12.3 Å². The lowest BCUT2D eigenvalue weighted by Gasteiger charge is -2.23. The molecule has 1 fully saturated rings. The average Bonchev–Trinajstić information content (AvgIpc) is 2.82. The summed E-state index contributed by atoms with van der Waals surface area (Å²) < 4.78 is 28.1. The first-order chi connectivity index (χ1) is 9.05. The highest BCUT2D eigenvalue weighted by molar-refractivity contribution is 7.89. The summed E-state index contributed by atoms with van der Waals surface area (Å²) in [6.45, 7) is 1.32. The maximum absolute atomic E-state index is 11.9. The van der Waals surface area contributed by atoms with Crippen molar-refractivity contribution in [1.82, 2.24) is 19.8 Å². The normalized spacial score (nSPS) is 20.6. The maximum atomic E-state index is 11.9. The van der Waals surface area contributed by atoms with Crippen LogP contribution in [0.15, 0.2) is 12.4 Å². The van der Waals surface area contributed by atoms with E-state index in [9.17, 15) is 8.42 Å². The Hall–Kier alpha value is -0.920. The van der Waals surface area contributed by atoms with Gasteiger partial charge in [0.2, 0.25) is 10.0 Å². The molecule has 0 spiro atoms. The number of nitrogens with one attached hydrogen (secondary N) is 2. The van der Waals surface area contributed by atoms with Gasteiger partial charge in [0, 0.05) is 31.4 Å². The smallest absolute Gasteiger partial charge is 0.211 e. The van der Waals surface area contributed by atoms with Crippen LogP contribution in [0.5, 0.6) is 0 Å².